The molecule has 16 heavy (non-hydrogen) atoms. The third-order valence-electron chi connectivity index (χ3n) is 2.42. The first-order chi connectivity index (χ1) is 7.74. The van der Waals surface area contributed by atoms with Crippen molar-refractivity contribution in [3.05, 3.63) is 35.9 Å². The Kier molecular flexibility index (Phi) is 3.36. The summed E-state index contributed by atoms with van der Waals surface area (Å²) < 4.78 is 1.96. The van der Waals surface area contributed by atoms with E-state index >= 15 is 0 Å². The average molecular weight is 219 g/mol. The van der Waals surface area contributed by atoms with Crippen LogP contribution in [0.15, 0.2) is 24.7 Å². The molecule has 0 aliphatic rings. The molecule has 2 rings (SSSR count). The number of rotatable bonds is 5. The van der Waals surface area contributed by atoms with Gasteiger partial charge >= 0.3 is 0 Å². The van der Waals surface area contributed by atoms with Gasteiger partial charge in [-0.05, 0) is 25.5 Å². The van der Waals surface area contributed by atoms with Crippen LogP contribution in [0.1, 0.15) is 18.2 Å². The molecule has 86 valence electrons. The van der Waals surface area contributed by atoms with Gasteiger partial charge in [-0.25, -0.2) is 0 Å². The molecule has 2 aromatic rings. The molecule has 1 unspecified atom stereocenters. The summed E-state index contributed by atoms with van der Waals surface area (Å²) in [7, 11) is 0. The van der Waals surface area contributed by atoms with Crippen LogP contribution in [0.3, 0.4) is 0 Å². The minimum absolute atomic E-state index is 0.377. The van der Waals surface area contributed by atoms with Gasteiger partial charge in [0.2, 0.25) is 0 Å². The van der Waals surface area contributed by atoms with Crippen molar-refractivity contribution >= 4 is 0 Å². The molecular weight excluding hydrogens is 202 g/mol. The van der Waals surface area contributed by atoms with E-state index in [0.29, 0.717) is 6.04 Å². The zero-order valence-corrected chi connectivity index (χ0v) is 9.64. The predicted octanol–water partition coefficient (Wildman–Crippen LogP) is 1.09. The maximum atomic E-state index is 4.26. The van der Waals surface area contributed by atoms with Gasteiger partial charge < -0.3 is 5.32 Å². The number of H-pyrrole nitrogens is 1. The molecule has 0 saturated carbocycles. The molecule has 2 heterocycles. The van der Waals surface area contributed by atoms with Crippen molar-refractivity contribution in [2.75, 3.05) is 0 Å². The maximum absolute atomic E-state index is 4.26. The molecule has 2 aromatic heterocycles. The van der Waals surface area contributed by atoms with Crippen molar-refractivity contribution < 1.29 is 0 Å². The van der Waals surface area contributed by atoms with E-state index in [4.69, 9.17) is 0 Å². The first-order valence-corrected chi connectivity index (χ1v) is 5.45. The molecule has 0 saturated heterocycles. The summed E-state index contributed by atoms with van der Waals surface area (Å²) in [6.07, 6.45) is 5.69. The standard InChI is InChI=1S/C11H17N5/c1-9-5-14-16(7-9)8-10(2)12-6-11-3-4-13-15-11/h3-5,7,10,12H,6,8H2,1-2H3,(H,13,15). The average Bonchev–Trinajstić information content (AvgIpc) is 2.87. The number of nitrogens with zero attached hydrogens (tertiary/aromatic N) is 3. The Hall–Kier alpha value is -1.62. The number of aromatic amines is 1. The summed E-state index contributed by atoms with van der Waals surface area (Å²) in [5.41, 5.74) is 2.30. The smallest absolute Gasteiger partial charge is 0.0560 e. The molecular formula is C11H17N5. The molecule has 0 fully saturated rings. The van der Waals surface area contributed by atoms with Crippen molar-refractivity contribution in [2.24, 2.45) is 0 Å². The summed E-state index contributed by atoms with van der Waals surface area (Å²) in [6.45, 7) is 5.88. The Morgan fingerprint density at radius 3 is 3.06 bits per heavy atom. The lowest BCUT2D eigenvalue weighted by Crippen LogP contribution is -2.30. The van der Waals surface area contributed by atoms with Crippen molar-refractivity contribution in [3.63, 3.8) is 0 Å². The molecule has 5 heteroatoms. The Bertz CT molecular complexity index is 417. The van der Waals surface area contributed by atoms with E-state index in [1.165, 1.54) is 5.56 Å². The Morgan fingerprint density at radius 2 is 2.44 bits per heavy atom. The van der Waals surface area contributed by atoms with E-state index in [1.807, 2.05) is 30.1 Å². The zero-order valence-electron chi connectivity index (χ0n) is 9.64. The van der Waals surface area contributed by atoms with Crippen LogP contribution < -0.4 is 5.32 Å². The minimum Gasteiger partial charge on any atom is -0.307 e. The lowest BCUT2D eigenvalue weighted by atomic mass is 10.3. The summed E-state index contributed by atoms with van der Waals surface area (Å²) in [5.74, 6) is 0. The third-order valence-corrected chi connectivity index (χ3v) is 2.42. The highest BCUT2D eigenvalue weighted by atomic mass is 15.3. The summed E-state index contributed by atoms with van der Waals surface area (Å²) in [6, 6.07) is 2.35. The highest BCUT2D eigenvalue weighted by Crippen LogP contribution is 1.97. The fourth-order valence-corrected chi connectivity index (χ4v) is 1.58. The second kappa shape index (κ2) is 4.94. The van der Waals surface area contributed by atoms with Crippen molar-refractivity contribution in [2.45, 2.75) is 33.0 Å². The number of aromatic nitrogens is 4. The Labute approximate surface area is 94.9 Å². The van der Waals surface area contributed by atoms with Crippen LogP contribution in [0.25, 0.3) is 0 Å². The highest BCUT2D eigenvalue weighted by molar-refractivity contribution is 5.00. The lowest BCUT2D eigenvalue weighted by molar-refractivity contribution is 0.448. The van der Waals surface area contributed by atoms with Gasteiger partial charge in [-0.2, -0.15) is 10.2 Å². The second-order valence-electron chi connectivity index (χ2n) is 4.10. The molecule has 0 aromatic carbocycles. The maximum Gasteiger partial charge on any atom is 0.0560 e. The van der Waals surface area contributed by atoms with Crippen molar-refractivity contribution in [1.82, 2.24) is 25.3 Å². The normalized spacial score (nSPS) is 12.9. The van der Waals surface area contributed by atoms with E-state index in [1.54, 1.807) is 6.20 Å². The van der Waals surface area contributed by atoms with Crippen LogP contribution >= 0.6 is 0 Å². The number of nitrogens with one attached hydrogen (secondary N) is 2. The minimum atomic E-state index is 0.377. The van der Waals surface area contributed by atoms with E-state index < -0.39 is 0 Å². The molecule has 5 nitrogen and oxygen atoms in total. The topological polar surface area (TPSA) is 58.5 Å². The van der Waals surface area contributed by atoms with Crippen molar-refractivity contribution in [1.29, 1.82) is 0 Å². The van der Waals surface area contributed by atoms with E-state index in [2.05, 4.69) is 27.5 Å². The first-order valence-electron chi connectivity index (χ1n) is 5.45. The molecule has 0 radical (unpaired) electrons. The SMILES string of the molecule is Cc1cnn(CC(C)NCc2ccn[nH]2)c1. The molecule has 2 N–H and O–H groups in total. The van der Waals surface area contributed by atoms with Crippen LogP contribution in [0.2, 0.25) is 0 Å². The van der Waals surface area contributed by atoms with Gasteiger partial charge in [0, 0.05) is 30.7 Å². The molecule has 0 amide bonds. The van der Waals surface area contributed by atoms with Crippen LogP contribution in [0.5, 0.6) is 0 Å². The predicted molar refractivity (Wildman–Crippen MR) is 61.9 cm³/mol. The quantitative estimate of drug-likeness (QED) is 0.791. The largest absolute Gasteiger partial charge is 0.307 e. The van der Waals surface area contributed by atoms with Crippen LogP contribution in [-0.2, 0) is 13.1 Å². The zero-order chi connectivity index (χ0) is 11.4. The third kappa shape index (κ3) is 2.93. The molecule has 0 aliphatic heterocycles. The van der Waals surface area contributed by atoms with Gasteiger partial charge in [0.05, 0.1) is 12.7 Å². The Morgan fingerprint density at radius 1 is 1.56 bits per heavy atom. The van der Waals surface area contributed by atoms with Gasteiger partial charge in [-0.1, -0.05) is 0 Å². The van der Waals surface area contributed by atoms with Crippen molar-refractivity contribution in [3.8, 4) is 0 Å². The first kappa shape index (κ1) is 10.9. The van der Waals surface area contributed by atoms with Gasteiger partial charge in [0.1, 0.15) is 0 Å². The molecule has 0 spiro atoms. The lowest BCUT2D eigenvalue weighted by Gasteiger charge is -2.12. The van der Waals surface area contributed by atoms with Gasteiger partial charge in [0.25, 0.3) is 0 Å². The van der Waals surface area contributed by atoms with Gasteiger partial charge in [-0.3, -0.25) is 9.78 Å². The van der Waals surface area contributed by atoms with E-state index in [-0.39, 0.29) is 0 Å². The Balaban J connectivity index is 1.78. The summed E-state index contributed by atoms with van der Waals surface area (Å²) in [5, 5.41) is 14.5. The van der Waals surface area contributed by atoms with Crippen LogP contribution in [0, 0.1) is 6.92 Å². The second-order valence-corrected chi connectivity index (χ2v) is 4.10. The van der Waals surface area contributed by atoms with Gasteiger partial charge in [-0.15, -0.1) is 0 Å². The fourth-order valence-electron chi connectivity index (χ4n) is 1.58. The van der Waals surface area contributed by atoms with E-state index in [0.717, 1.165) is 18.8 Å². The molecule has 1 atom stereocenters. The fraction of sp³-hybridized carbons (Fsp3) is 0.455. The highest BCUT2D eigenvalue weighted by Gasteiger charge is 2.03. The van der Waals surface area contributed by atoms with Crippen LogP contribution in [0.4, 0.5) is 0 Å². The monoisotopic (exact) mass is 219 g/mol. The van der Waals surface area contributed by atoms with E-state index in [9.17, 15) is 0 Å². The molecule has 0 bridgehead atoms. The molecule has 0 aliphatic carbocycles. The summed E-state index contributed by atoms with van der Waals surface area (Å²) >= 11 is 0. The number of hydrogen-bond donors (Lipinski definition) is 2. The number of aryl methyl sites for hydroxylation is 1. The van der Waals surface area contributed by atoms with Gasteiger partial charge in [0.15, 0.2) is 0 Å². The number of hydrogen-bond acceptors (Lipinski definition) is 3. The van der Waals surface area contributed by atoms with Crippen LogP contribution in [-0.4, -0.2) is 26.0 Å². The summed E-state index contributed by atoms with van der Waals surface area (Å²) in [4.78, 5) is 0.